The van der Waals surface area contributed by atoms with E-state index < -0.39 is 0 Å². The van der Waals surface area contributed by atoms with E-state index in [1.54, 1.807) is 0 Å². The summed E-state index contributed by atoms with van der Waals surface area (Å²) in [5.41, 5.74) is 9.25. The number of aryl methyl sites for hydroxylation is 1. The molecule has 0 aliphatic carbocycles. The van der Waals surface area contributed by atoms with Crippen LogP contribution in [0.5, 0.6) is 0 Å². The summed E-state index contributed by atoms with van der Waals surface area (Å²) in [6.07, 6.45) is 3.88. The molecule has 0 aliphatic heterocycles. The Balaban J connectivity index is 2.13. The Kier molecular flexibility index (Phi) is 4.15. The fourth-order valence-corrected chi connectivity index (χ4v) is 1.95. The molecule has 0 saturated heterocycles. The molecule has 0 saturated carbocycles. The minimum Gasteiger partial charge on any atom is -0.342 e. The zero-order valence-corrected chi connectivity index (χ0v) is 11.1. The Hall–Kier alpha value is -1.61. The summed E-state index contributed by atoms with van der Waals surface area (Å²) in [5, 5.41) is 0. The number of hydrogen-bond acceptors (Lipinski definition) is 2. The smallest absolute Gasteiger partial charge is 0.106 e. The molecule has 2 rings (SSSR count). The Morgan fingerprint density at radius 3 is 2.61 bits per heavy atom. The minimum atomic E-state index is 0.464. The Labute approximate surface area is 108 Å². The van der Waals surface area contributed by atoms with Crippen LogP contribution < -0.4 is 5.73 Å². The number of nitrogens with one attached hydrogen (secondary N) is 1. The van der Waals surface area contributed by atoms with Gasteiger partial charge in [-0.1, -0.05) is 38.1 Å². The maximum absolute atomic E-state index is 5.63. The van der Waals surface area contributed by atoms with Gasteiger partial charge in [0.2, 0.25) is 0 Å². The van der Waals surface area contributed by atoms with Gasteiger partial charge in [0.05, 0.1) is 11.9 Å². The molecule has 18 heavy (non-hydrogen) atoms. The molecule has 0 amide bonds. The molecule has 1 aromatic heterocycles. The first kappa shape index (κ1) is 12.8. The van der Waals surface area contributed by atoms with Crippen molar-refractivity contribution in [2.24, 2.45) is 11.7 Å². The van der Waals surface area contributed by atoms with Crippen LogP contribution in [0, 0.1) is 5.92 Å². The number of aromatic amines is 1. The van der Waals surface area contributed by atoms with Gasteiger partial charge in [-0.2, -0.15) is 0 Å². The largest absolute Gasteiger partial charge is 0.342 e. The number of imidazole rings is 1. The summed E-state index contributed by atoms with van der Waals surface area (Å²) in [7, 11) is 0. The Bertz CT molecular complexity index is 485. The normalized spacial score (nSPS) is 12.6. The molecule has 2 aromatic rings. The highest BCUT2D eigenvalue weighted by Crippen LogP contribution is 2.18. The fourth-order valence-electron chi connectivity index (χ4n) is 1.95. The van der Waals surface area contributed by atoms with E-state index in [1.807, 2.05) is 6.20 Å². The highest BCUT2D eigenvalue weighted by atomic mass is 14.9. The van der Waals surface area contributed by atoms with Crippen molar-refractivity contribution < 1.29 is 0 Å². The maximum Gasteiger partial charge on any atom is 0.106 e. The molecule has 0 radical (unpaired) electrons. The number of nitrogens with two attached hydrogens (primary N) is 1. The molecule has 3 heteroatoms. The van der Waals surface area contributed by atoms with Crippen LogP contribution in [0.1, 0.15) is 25.2 Å². The average Bonchev–Trinajstić information content (AvgIpc) is 2.87. The van der Waals surface area contributed by atoms with Crippen LogP contribution in [-0.4, -0.2) is 16.5 Å². The third kappa shape index (κ3) is 2.99. The summed E-state index contributed by atoms with van der Waals surface area (Å²) in [6.45, 7) is 5.00. The van der Waals surface area contributed by atoms with Gasteiger partial charge in [0.15, 0.2) is 0 Å². The third-order valence-electron chi connectivity index (χ3n) is 3.25. The maximum atomic E-state index is 5.63. The van der Waals surface area contributed by atoms with Crippen molar-refractivity contribution in [2.75, 3.05) is 6.54 Å². The van der Waals surface area contributed by atoms with Crippen molar-refractivity contribution in [3.8, 4) is 11.3 Å². The average molecular weight is 243 g/mol. The molecule has 1 unspecified atom stereocenters. The molecular weight excluding hydrogens is 222 g/mol. The molecule has 3 N–H and O–H groups in total. The second kappa shape index (κ2) is 5.83. The van der Waals surface area contributed by atoms with Gasteiger partial charge in [-0.05, 0) is 30.0 Å². The quantitative estimate of drug-likeness (QED) is 0.848. The number of aromatic nitrogens is 2. The molecule has 1 aromatic carbocycles. The lowest BCUT2D eigenvalue weighted by molar-refractivity contribution is 0.577. The lowest BCUT2D eigenvalue weighted by atomic mass is 10.1. The molecule has 0 fully saturated rings. The zero-order valence-electron chi connectivity index (χ0n) is 11.1. The molecule has 96 valence electrons. The first-order valence-corrected chi connectivity index (χ1v) is 6.56. The van der Waals surface area contributed by atoms with Gasteiger partial charge < -0.3 is 10.7 Å². The van der Waals surface area contributed by atoms with Crippen molar-refractivity contribution in [3.05, 3.63) is 41.9 Å². The van der Waals surface area contributed by atoms with E-state index in [9.17, 15) is 0 Å². The number of hydrogen-bond donors (Lipinski definition) is 2. The van der Waals surface area contributed by atoms with E-state index in [0.29, 0.717) is 12.5 Å². The van der Waals surface area contributed by atoms with E-state index in [0.717, 1.165) is 24.4 Å². The van der Waals surface area contributed by atoms with Crippen molar-refractivity contribution in [3.63, 3.8) is 0 Å². The molecule has 3 nitrogen and oxygen atoms in total. The molecule has 0 bridgehead atoms. The van der Waals surface area contributed by atoms with E-state index >= 15 is 0 Å². The standard InChI is InChI=1S/C15H21N3/c1-3-12-4-6-13(7-5-12)14-10-17-15(18-14)8-11(2)9-16/h4-7,10-11H,3,8-9,16H2,1-2H3,(H,17,18). The summed E-state index contributed by atoms with van der Waals surface area (Å²) >= 11 is 0. The summed E-state index contributed by atoms with van der Waals surface area (Å²) < 4.78 is 0. The summed E-state index contributed by atoms with van der Waals surface area (Å²) in [5.74, 6) is 1.48. The molecule has 1 atom stereocenters. The predicted octanol–water partition coefficient (Wildman–Crippen LogP) is 2.78. The van der Waals surface area contributed by atoms with E-state index in [1.165, 1.54) is 11.1 Å². The highest BCUT2D eigenvalue weighted by molar-refractivity contribution is 5.58. The number of H-pyrrole nitrogens is 1. The molecule has 0 spiro atoms. The van der Waals surface area contributed by atoms with Crippen LogP contribution in [0.25, 0.3) is 11.3 Å². The van der Waals surface area contributed by atoms with Crippen LogP contribution in [-0.2, 0) is 12.8 Å². The van der Waals surface area contributed by atoms with Crippen LogP contribution in [0.4, 0.5) is 0 Å². The SMILES string of the molecule is CCc1ccc(-c2cnc(CC(C)CN)[nH]2)cc1. The van der Waals surface area contributed by atoms with Gasteiger partial charge in [-0.25, -0.2) is 4.98 Å². The molecular formula is C15H21N3. The topological polar surface area (TPSA) is 54.7 Å². The molecule has 1 heterocycles. The number of rotatable bonds is 5. The monoisotopic (exact) mass is 243 g/mol. The van der Waals surface area contributed by atoms with Gasteiger partial charge >= 0.3 is 0 Å². The lowest BCUT2D eigenvalue weighted by Gasteiger charge is -2.04. The first-order valence-electron chi connectivity index (χ1n) is 6.56. The van der Waals surface area contributed by atoms with Crippen LogP contribution in [0.3, 0.4) is 0 Å². The van der Waals surface area contributed by atoms with Gasteiger partial charge in [0.1, 0.15) is 5.82 Å². The Morgan fingerprint density at radius 1 is 1.28 bits per heavy atom. The zero-order chi connectivity index (χ0) is 13.0. The van der Waals surface area contributed by atoms with Gasteiger partial charge in [0.25, 0.3) is 0 Å². The first-order chi connectivity index (χ1) is 8.72. The number of benzene rings is 1. The van der Waals surface area contributed by atoms with Crippen LogP contribution >= 0.6 is 0 Å². The number of nitrogens with zero attached hydrogens (tertiary/aromatic N) is 1. The van der Waals surface area contributed by atoms with Crippen molar-refractivity contribution >= 4 is 0 Å². The predicted molar refractivity (Wildman–Crippen MR) is 75.3 cm³/mol. The van der Waals surface area contributed by atoms with Gasteiger partial charge in [-0.3, -0.25) is 0 Å². The highest BCUT2D eigenvalue weighted by Gasteiger charge is 2.06. The van der Waals surface area contributed by atoms with Crippen molar-refractivity contribution in [2.45, 2.75) is 26.7 Å². The minimum absolute atomic E-state index is 0.464. The Morgan fingerprint density at radius 2 is 2.00 bits per heavy atom. The fraction of sp³-hybridized carbons (Fsp3) is 0.400. The third-order valence-corrected chi connectivity index (χ3v) is 3.25. The lowest BCUT2D eigenvalue weighted by Crippen LogP contribution is -2.13. The van der Waals surface area contributed by atoms with Crippen LogP contribution in [0.2, 0.25) is 0 Å². The van der Waals surface area contributed by atoms with Gasteiger partial charge in [0, 0.05) is 6.42 Å². The van der Waals surface area contributed by atoms with E-state index in [-0.39, 0.29) is 0 Å². The molecule has 0 aliphatic rings. The van der Waals surface area contributed by atoms with Gasteiger partial charge in [-0.15, -0.1) is 0 Å². The van der Waals surface area contributed by atoms with Crippen molar-refractivity contribution in [1.29, 1.82) is 0 Å². The van der Waals surface area contributed by atoms with E-state index in [2.05, 4.69) is 48.1 Å². The summed E-state index contributed by atoms with van der Waals surface area (Å²) in [4.78, 5) is 7.78. The second-order valence-corrected chi connectivity index (χ2v) is 4.84. The summed E-state index contributed by atoms with van der Waals surface area (Å²) in [6, 6.07) is 8.61. The second-order valence-electron chi connectivity index (χ2n) is 4.84. The van der Waals surface area contributed by atoms with Crippen LogP contribution in [0.15, 0.2) is 30.5 Å². The van der Waals surface area contributed by atoms with E-state index in [4.69, 9.17) is 5.73 Å². The van der Waals surface area contributed by atoms with Crippen molar-refractivity contribution in [1.82, 2.24) is 9.97 Å².